The van der Waals surface area contributed by atoms with E-state index in [0.29, 0.717) is 5.56 Å². The van der Waals surface area contributed by atoms with Crippen molar-refractivity contribution in [2.45, 2.75) is 25.6 Å². The molecule has 0 N–H and O–H groups in total. The third-order valence-corrected chi connectivity index (χ3v) is 3.66. The third kappa shape index (κ3) is 1.54. The van der Waals surface area contributed by atoms with Crippen LogP contribution >= 0.6 is 0 Å². The second-order valence-electron chi connectivity index (χ2n) is 4.74. The lowest BCUT2D eigenvalue weighted by Crippen LogP contribution is -2.40. The number of hydrogen-bond acceptors (Lipinski definition) is 4. The smallest absolute Gasteiger partial charge is 0.272 e. The largest absolute Gasteiger partial charge is 0.436 e. The Morgan fingerprint density at radius 2 is 2.15 bits per heavy atom. The van der Waals surface area contributed by atoms with E-state index in [0.717, 1.165) is 0 Å². The van der Waals surface area contributed by atoms with Crippen LogP contribution in [0.2, 0.25) is 0 Å². The number of carbonyl (C=O) groups is 2. The SMILES string of the molecule is N#Cc1ccc2c(c1F)C(=O)N(C1CCC(=O)[N+]1=O)C2. The molecule has 1 unspecified atom stereocenters. The number of nitriles is 1. The monoisotopic (exact) mass is 274 g/mol. The molecular weight excluding hydrogens is 265 g/mol. The van der Waals surface area contributed by atoms with Crippen molar-refractivity contribution in [1.82, 2.24) is 4.90 Å². The van der Waals surface area contributed by atoms with Gasteiger partial charge in [-0.15, -0.1) is 0 Å². The zero-order valence-electron chi connectivity index (χ0n) is 10.3. The average Bonchev–Trinajstić information content (AvgIpc) is 2.93. The summed E-state index contributed by atoms with van der Waals surface area (Å²) in [5.74, 6) is -2.08. The summed E-state index contributed by atoms with van der Waals surface area (Å²) >= 11 is 0. The Labute approximate surface area is 113 Å². The van der Waals surface area contributed by atoms with Crippen LogP contribution in [0.1, 0.15) is 34.3 Å². The highest BCUT2D eigenvalue weighted by atomic mass is 19.1. The Balaban J connectivity index is 2.00. The first kappa shape index (κ1) is 12.4. The molecule has 0 aromatic heterocycles. The van der Waals surface area contributed by atoms with E-state index in [4.69, 9.17) is 5.26 Å². The molecule has 2 aliphatic heterocycles. The van der Waals surface area contributed by atoms with Crippen molar-refractivity contribution in [3.63, 3.8) is 0 Å². The molecule has 2 amide bonds. The maximum absolute atomic E-state index is 14.0. The first-order chi connectivity index (χ1) is 9.54. The van der Waals surface area contributed by atoms with Gasteiger partial charge in [0.25, 0.3) is 12.1 Å². The minimum Gasteiger partial charge on any atom is -0.272 e. The quantitative estimate of drug-likeness (QED) is 0.717. The fraction of sp³-hybridized carbons (Fsp3) is 0.308. The van der Waals surface area contributed by atoms with Gasteiger partial charge in [-0.1, -0.05) is 6.07 Å². The normalized spacial score (nSPS) is 21.3. The maximum atomic E-state index is 14.0. The van der Waals surface area contributed by atoms with Gasteiger partial charge < -0.3 is 0 Å². The molecule has 0 spiro atoms. The van der Waals surface area contributed by atoms with E-state index in [2.05, 4.69) is 0 Å². The summed E-state index contributed by atoms with van der Waals surface area (Å²) in [5, 5.41) is 8.77. The number of halogens is 1. The van der Waals surface area contributed by atoms with Crippen LogP contribution in [0.25, 0.3) is 0 Å². The zero-order chi connectivity index (χ0) is 14.4. The lowest BCUT2D eigenvalue weighted by molar-refractivity contribution is -0.515. The van der Waals surface area contributed by atoms with Gasteiger partial charge in [0.15, 0.2) is 5.82 Å². The summed E-state index contributed by atoms with van der Waals surface area (Å²) in [6, 6.07) is 4.48. The van der Waals surface area contributed by atoms with Gasteiger partial charge in [0.1, 0.15) is 6.07 Å². The van der Waals surface area contributed by atoms with Crippen LogP contribution in [0, 0.1) is 22.1 Å². The van der Waals surface area contributed by atoms with Gasteiger partial charge in [-0.05, 0) is 11.6 Å². The topological polar surface area (TPSA) is 81.2 Å². The standard InChI is InChI=1S/C13H9FN3O3/c14-12-7(5-15)1-2-8-6-16(13(19)11(8)12)9-3-4-10(18)17(9)20/h1-2,9H,3-4,6H2/q+1. The average molecular weight is 274 g/mol. The molecule has 2 aliphatic rings. The van der Waals surface area contributed by atoms with Crippen molar-refractivity contribution < 1.29 is 18.7 Å². The van der Waals surface area contributed by atoms with Gasteiger partial charge in [0.2, 0.25) is 0 Å². The molecule has 1 aromatic rings. The molecular formula is C13H9FN3O3+. The summed E-state index contributed by atoms with van der Waals surface area (Å²) < 4.78 is 14.3. The number of nitrogens with zero attached hydrogens (tertiary/aromatic N) is 3. The third-order valence-electron chi connectivity index (χ3n) is 3.66. The Morgan fingerprint density at radius 1 is 1.40 bits per heavy atom. The first-order valence-corrected chi connectivity index (χ1v) is 6.06. The zero-order valence-corrected chi connectivity index (χ0v) is 10.3. The predicted octanol–water partition coefficient (Wildman–Crippen LogP) is 1.08. The number of hydrogen-bond donors (Lipinski definition) is 0. The summed E-state index contributed by atoms with van der Waals surface area (Å²) in [4.78, 5) is 36.3. The van der Waals surface area contributed by atoms with Gasteiger partial charge in [0.05, 0.1) is 28.9 Å². The van der Waals surface area contributed by atoms with Crippen LogP contribution in [0.4, 0.5) is 4.39 Å². The molecule has 20 heavy (non-hydrogen) atoms. The molecule has 1 saturated heterocycles. The van der Waals surface area contributed by atoms with Crippen molar-refractivity contribution in [2.75, 3.05) is 0 Å². The van der Waals surface area contributed by atoms with Crippen molar-refractivity contribution in [3.8, 4) is 6.07 Å². The van der Waals surface area contributed by atoms with E-state index in [1.165, 1.54) is 17.0 Å². The summed E-state index contributed by atoms with van der Waals surface area (Å²) in [5.41, 5.74) is 0.0523. The van der Waals surface area contributed by atoms with Crippen molar-refractivity contribution >= 4 is 11.8 Å². The highest BCUT2D eigenvalue weighted by Crippen LogP contribution is 2.31. The summed E-state index contributed by atoms with van der Waals surface area (Å²) in [7, 11) is 0. The van der Waals surface area contributed by atoms with Gasteiger partial charge in [-0.3, -0.25) is 9.69 Å². The molecule has 2 heterocycles. The van der Waals surface area contributed by atoms with Crippen LogP contribution < -0.4 is 0 Å². The fourth-order valence-electron chi connectivity index (χ4n) is 2.63. The van der Waals surface area contributed by atoms with Crippen LogP contribution in [0.15, 0.2) is 12.1 Å². The Morgan fingerprint density at radius 3 is 2.75 bits per heavy atom. The molecule has 0 saturated carbocycles. The Bertz CT molecular complexity index is 708. The number of benzene rings is 1. The summed E-state index contributed by atoms with van der Waals surface area (Å²) in [6.45, 7) is 0.0769. The minimum atomic E-state index is -0.882. The van der Waals surface area contributed by atoms with E-state index in [1.54, 1.807) is 6.07 Å². The van der Waals surface area contributed by atoms with E-state index in [1.807, 2.05) is 0 Å². The lowest BCUT2D eigenvalue weighted by Gasteiger charge is -2.15. The first-order valence-electron chi connectivity index (χ1n) is 6.06. The van der Waals surface area contributed by atoms with E-state index < -0.39 is 23.8 Å². The molecule has 0 aliphatic carbocycles. The molecule has 1 atom stereocenters. The van der Waals surface area contributed by atoms with Crippen molar-refractivity contribution in [3.05, 3.63) is 39.5 Å². The van der Waals surface area contributed by atoms with Gasteiger partial charge >= 0.3 is 5.91 Å². The Hall–Kier alpha value is -2.62. The molecule has 1 aromatic carbocycles. The number of amides is 2. The van der Waals surface area contributed by atoms with Crippen molar-refractivity contribution in [1.29, 1.82) is 5.26 Å². The lowest BCUT2D eigenvalue weighted by atomic mass is 10.1. The molecule has 3 rings (SSSR count). The van der Waals surface area contributed by atoms with Crippen LogP contribution in [-0.4, -0.2) is 27.6 Å². The molecule has 6 nitrogen and oxygen atoms in total. The van der Waals surface area contributed by atoms with Gasteiger partial charge in [-0.2, -0.15) is 5.26 Å². The molecule has 0 radical (unpaired) electrons. The highest BCUT2D eigenvalue weighted by molar-refractivity contribution is 5.99. The van der Waals surface area contributed by atoms with Crippen LogP contribution in [0.3, 0.4) is 0 Å². The Kier molecular flexibility index (Phi) is 2.61. The maximum Gasteiger partial charge on any atom is 0.436 e. The van der Waals surface area contributed by atoms with Crippen LogP contribution in [-0.2, 0) is 11.3 Å². The van der Waals surface area contributed by atoms with Crippen LogP contribution in [0.5, 0.6) is 0 Å². The predicted molar refractivity (Wildman–Crippen MR) is 62.6 cm³/mol. The van der Waals surface area contributed by atoms with Gasteiger partial charge in [-0.25, -0.2) is 9.18 Å². The second-order valence-corrected chi connectivity index (χ2v) is 4.74. The molecule has 7 heteroatoms. The second kappa shape index (κ2) is 4.20. The molecule has 0 bridgehead atoms. The van der Waals surface area contributed by atoms with Crippen molar-refractivity contribution in [2.24, 2.45) is 0 Å². The van der Waals surface area contributed by atoms with E-state index in [-0.39, 0.29) is 35.3 Å². The molecule has 1 fully saturated rings. The van der Waals surface area contributed by atoms with E-state index in [9.17, 15) is 18.9 Å². The minimum absolute atomic E-state index is 0.0769. The van der Waals surface area contributed by atoms with E-state index >= 15 is 0 Å². The number of fused-ring (bicyclic) bond motifs is 1. The number of nitroso groups, excluding NO2 is 1. The summed E-state index contributed by atoms with van der Waals surface area (Å²) in [6.07, 6.45) is -0.554. The number of rotatable bonds is 1. The molecule has 100 valence electrons. The highest BCUT2D eigenvalue weighted by Gasteiger charge is 2.49. The fourth-order valence-corrected chi connectivity index (χ4v) is 2.63. The number of carbonyl (C=O) groups excluding carboxylic acids is 2. The van der Waals surface area contributed by atoms with Gasteiger partial charge in [0, 0.05) is 11.3 Å².